The van der Waals surface area contributed by atoms with E-state index in [4.69, 9.17) is 11.1 Å². The van der Waals surface area contributed by atoms with Crippen LogP contribution in [0.25, 0.3) is 0 Å². The molecule has 0 radical (unpaired) electrons. The van der Waals surface area contributed by atoms with Crippen molar-refractivity contribution in [3.8, 4) is 0 Å². The molecule has 1 aliphatic heterocycles. The van der Waals surface area contributed by atoms with Gasteiger partial charge in [0.2, 0.25) is 29.5 Å². The fourth-order valence-corrected chi connectivity index (χ4v) is 5.20. The molecular formula is C33H54N8O5. The summed E-state index contributed by atoms with van der Waals surface area (Å²) in [6, 6.07) is 5.94. The molecule has 46 heavy (non-hydrogen) atoms. The van der Waals surface area contributed by atoms with Gasteiger partial charge in [0.05, 0.1) is 0 Å². The second-order valence-electron chi connectivity index (χ2n) is 12.5. The fourth-order valence-electron chi connectivity index (χ4n) is 5.20. The third-order valence-electron chi connectivity index (χ3n) is 8.16. The van der Waals surface area contributed by atoms with Crippen molar-refractivity contribution in [3.63, 3.8) is 0 Å². The van der Waals surface area contributed by atoms with Gasteiger partial charge in [-0.15, -0.1) is 0 Å². The van der Waals surface area contributed by atoms with Crippen LogP contribution in [0.3, 0.4) is 0 Å². The minimum Gasteiger partial charge on any atom is -0.370 e. The Balaban J connectivity index is 2.38. The topological polar surface area (TPSA) is 207 Å². The van der Waals surface area contributed by atoms with Gasteiger partial charge in [0.15, 0.2) is 5.96 Å². The average molecular weight is 643 g/mol. The molecule has 0 spiro atoms. The molecule has 13 nitrogen and oxygen atoms in total. The van der Waals surface area contributed by atoms with Gasteiger partial charge >= 0.3 is 0 Å². The summed E-state index contributed by atoms with van der Waals surface area (Å²) in [5.74, 6) is -2.76. The van der Waals surface area contributed by atoms with Crippen molar-refractivity contribution in [2.75, 3.05) is 13.1 Å². The third-order valence-corrected chi connectivity index (χ3v) is 8.16. The molecule has 2 rings (SSSR count). The van der Waals surface area contributed by atoms with Crippen molar-refractivity contribution < 1.29 is 24.0 Å². The van der Waals surface area contributed by atoms with Crippen LogP contribution in [0, 0.1) is 11.3 Å². The largest absolute Gasteiger partial charge is 0.370 e. The summed E-state index contributed by atoms with van der Waals surface area (Å²) in [5.41, 5.74) is 4.76. The highest BCUT2D eigenvalue weighted by Gasteiger charge is 2.38. The number of carbonyl (C=O) groups excluding carboxylic acids is 5. The number of hydrogen-bond donors (Lipinski definition) is 8. The molecule has 0 bridgehead atoms. The van der Waals surface area contributed by atoms with Crippen molar-refractivity contribution in [3.05, 3.63) is 35.9 Å². The van der Waals surface area contributed by atoms with Crippen LogP contribution in [0.2, 0.25) is 0 Å². The molecule has 1 aromatic rings. The molecule has 1 aliphatic rings. The molecule has 0 aliphatic carbocycles. The second-order valence-corrected chi connectivity index (χ2v) is 12.5. The highest BCUT2D eigenvalue weighted by Crippen LogP contribution is 2.19. The van der Waals surface area contributed by atoms with E-state index in [0.717, 1.165) is 32.1 Å². The van der Waals surface area contributed by atoms with Crippen molar-refractivity contribution in [1.29, 1.82) is 5.41 Å². The lowest BCUT2D eigenvalue weighted by atomic mass is 9.91. The normalized spacial score (nSPS) is 24.5. The van der Waals surface area contributed by atoms with Gasteiger partial charge in [0, 0.05) is 19.0 Å². The Labute approximate surface area is 272 Å². The van der Waals surface area contributed by atoms with Crippen molar-refractivity contribution >= 4 is 35.5 Å². The van der Waals surface area contributed by atoms with Crippen LogP contribution in [-0.2, 0) is 24.0 Å². The molecule has 4 atom stereocenters. The number of carbonyl (C=O) groups is 5. The lowest BCUT2D eigenvalue weighted by Crippen LogP contribution is -2.62. The highest BCUT2D eigenvalue weighted by molar-refractivity contribution is 5.97. The Morgan fingerprint density at radius 2 is 1.57 bits per heavy atom. The first-order valence-electron chi connectivity index (χ1n) is 16.5. The number of benzene rings is 1. The summed E-state index contributed by atoms with van der Waals surface area (Å²) >= 11 is 0. The Morgan fingerprint density at radius 3 is 2.20 bits per heavy atom. The number of guanidine groups is 1. The van der Waals surface area contributed by atoms with Crippen LogP contribution in [0.5, 0.6) is 0 Å². The van der Waals surface area contributed by atoms with E-state index in [1.54, 1.807) is 52.0 Å². The van der Waals surface area contributed by atoms with Gasteiger partial charge in [0.1, 0.15) is 23.7 Å². The number of rotatable bonds is 8. The molecule has 1 heterocycles. The van der Waals surface area contributed by atoms with Gasteiger partial charge in [-0.3, -0.25) is 29.4 Å². The number of hydrogen-bond acceptors (Lipinski definition) is 6. The number of nitrogens with one attached hydrogen (secondary N) is 7. The molecule has 1 fully saturated rings. The lowest BCUT2D eigenvalue weighted by molar-refractivity contribution is -0.137. The summed E-state index contributed by atoms with van der Waals surface area (Å²) < 4.78 is 0. The maximum Gasteiger partial charge on any atom is 0.247 e. The maximum absolute atomic E-state index is 13.8. The first-order chi connectivity index (χ1) is 21.9. The predicted octanol–water partition coefficient (Wildman–Crippen LogP) is 1.88. The quantitative estimate of drug-likeness (QED) is 0.120. The van der Waals surface area contributed by atoms with Crippen molar-refractivity contribution in [1.82, 2.24) is 31.9 Å². The standard InChI is InChI=1S/C33H54N8O5/c1-5-24-28(43)40-26(23-16-11-10-12-17-23)30(45)36-20-14-9-7-6-8-13-19-33(4,41-27(42)22(2)3)31(46)39-25(29(44)38-24)18-15-21-37-32(34)35/h10-12,16-17,22,24-26H,5-9,13-15,18-21H2,1-4H3,(H,36,45)(H,38,44)(H,39,46)(H,40,43)(H,41,42)(H4,34,35,37)/t24-,25-,26+,33+/m0/s1. The van der Waals surface area contributed by atoms with Crippen molar-refractivity contribution in [2.45, 2.75) is 116 Å². The van der Waals surface area contributed by atoms with Gasteiger partial charge in [-0.2, -0.15) is 0 Å². The van der Waals surface area contributed by atoms with Crippen LogP contribution in [0.15, 0.2) is 30.3 Å². The zero-order valence-corrected chi connectivity index (χ0v) is 27.8. The zero-order chi connectivity index (χ0) is 34.1. The molecule has 5 amide bonds. The molecule has 1 saturated heterocycles. The van der Waals surface area contributed by atoms with Crippen LogP contribution < -0.4 is 37.6 Å². The first kappa shape index (κ1) is 38.0. The van der Waals surface area contributed by atoms with Gasteiger partial charge in [-0.1, -0.05) is 83.2 Å². The number of nitrogens with two attached hydrogens (primary N) is 1. The van der Waals surface area contributed by atoms with Gasteiger partial charge < -0.3 is 37.6 Å². The van der Waals surface area contributed by atoms with E-state index >= 15 is 0 Å². The van der Waals surface area contributed by atoms with Gasteiger partial charge in [-0.25, -0.2) is 0 Å². The third kappa shape index (κ3) is 12.7. The molecule has 0 unspecified atom stereocenters. The zero-order valence-electron chi connectivity index (χ0n) is 27.8. The van der Waals surface area contributed by atoms with E-state index in [0.29, 0.717) is 37.9 Å². The Hall–Kier alpha value is -4.16. The van der Waals surface area contributed by atoms with E-state index < -0.39 is 41.4 Å². The molecule has 256 valence electrons. The minimum atomic E-state index is -1.26. The molecule has 0 saturated carbocycles. The molecule has 13 heteroatoms. The van der Waals surface area contributed by atoms with Crippen LogP contribution in [0.4, 0.5) is 0 Å². The monoisotopic (exact) mass is 642 g/mol. The lowest BCUT2D eigenvalue weighted by Gasteiger charge is -2.33. The van der Waals surface area contributed by atoms with Crippen molar-refractivity contribution in [2.24, 2.45) is 11.7 Å². The summed E-state index contributed by atoms with van der Waals surface area (Å²) in [7, 11) is 0. The van der Waals surface area contributed by atoms with Crippen LogP contribution >= 0.6 is 0 Å². The molecule has 9 N–H and O–H groups in total. The minimum absolute atomic E-state index is 0.180. The van der Waals surface area contributed by atoms with E-state index in [2.05, 4.69) is 31.9 Å². The maximum atomic E-state index is 13.8. The SMILES string of the molecule is CC[C@@H]1NC(=O)[C@H](CCCNC(=N)N)NC(=O)[C@](C)(NC(=O)C(C)C)CCCCCCCCNC(=O)[C@@H](c2ccccc2)NC1=O. The van der Waals surface area contributed by atoms with E-state index in [1.807, 2.05) is 6.07 Å². The summed E-state index contributed by atoms with van der Waals surface area (Å²) in [6.45, 7) is 7.68. The smallest absolute Gasteiger partial charge is 0.247 e. The van der Waals surface area contributed by atoms with E-state index in [1.165, 1.54) is 0 Å². The van der Waals surface area contributed by atoms with Crippen LogP contribution in [0.1, 0.15) is 104 Å². The summed E-state index contributed by atoms with van der Waals surface area (Å²) in [5, 5.41) is 24.4. The van der Waals surface area contributed by atoms with E-state index in [-0.39, 0.29) is 36.5 Å². The Bertz CT molecular complexity index is 1180. The Kier molecular flexibility index (Phi) is 16.0. The molecule has 0 aromatic heterocycles. The van der Waals surface area contributed by atoms with E-state index in [9.17, 15) is 24.0 Å². The average Bonchev–Trinajstić information content (AvgIpc) is 3.02. The number of amides is 5. The van der Waals surface area contributed by atoms with Gasteiger partial charge in [-0.05, 0) is 44.6 Å². The summed E-state index contributed by atoms with van der Waals surface area (Å²) in [6.07, 6.45) is 6.29. The molecular weight excluding hydrogens is 588 g/mol. The predicted molar refractivity (Wildman–Crippen MR) is 177 cm³/mol. The summed E-state index contributed by atoms with van der Waals surface area (Å²) in [4.78, 5) is 67.0. The molecule has 1 aromatic carbocycles. The second kappa shape index (κ2) is 19.4. The van der Waals surface area contributed by atoms with Crippen LogP contribution in [-0.4, -0.2) is 66.2 Å². The Morgan fingerprint density at radius 1 is 0.935 bits per heavy atom. The van der Waals surface area contributed by atoms with Gasteiger partial charge in [0.25, 0.3) is 0 Å². The fraction of sp³-hybridized carbons (Fsp3) is 0.636. The highest BCUT2D eigenvalue weighted by atomic mass is 16.2. The first-order valence-corrected chi connectivity index (χ1v) is 16.5.